The largest absolute Gasteiger partial charge is 0.466 e. The molecule has 0 radical (unpaired) electrons. The maximum absolute atomic E-state index is 14.1. The summed E-state index contributed by atoms with van der Waals surface area (Å²) in [5, 5.41) is 7.09. The highest BCUT2D eigenvalue weighted by Gasteiger charge is 2.30. The summed E-state index contributed by atoms with van der Waals surface area (Å²) in [6.45, 7) is 5.94. The van der Waals surface area contributed by atoms with Crippen LogP contribution in [0.2, 0.25) is 1.41 Å². The summed E-state index contributed by atoms with van der Waals surface area (Å²) in [5.74, 6) is -1.34. The quantitative estimate of drug-likeness (QED) is 0.121. The molecule has 2 aromatic heterocycles. The van der Waals surface area contributed by atoms with Crippen LogP contribution >= 0.6 is 0 Å². The van der Waals surface area contributed by atoms with E-state index in [4.69, 9.17) is 10.9 Å². The van der Waals surface area contributed by atoms with E-state index in [0.717, 1.165) is 10.9 Å². The Labute approximate surface area is 281 Å². The van der Waals surface area contributed by atoms with E-state index < -0.39 is 30.0 Å². The summed E-state index contributed by atoms with van der Waals surface area (Å²) in [7, 11) is 0. The van der Waals surface area contributed by atoms with Gasteiger partial charge in [-0.25, -0.2) is 9.78 Å². The Bertz CT molecular complexity index is 1660. The summed E-state index contributed by atoms with van der Waals surface area (Å²) >= 11 is 0. The second-order valence-electron chi connectivity index (χ2n) is 11.9. The third kappa shape index (κ3) is 11.2. The van der Waals surface area contributed by atoms with E-state index in [-0.39, 0.29) is 50.4 Å². The van der Waals surface area contributed by atoms with Gasteiger partial charge in [-0.2, -0.15) is 0 Å². The number of nitrogens with zero attached hydrogens (tertiary/aromatic N) is 2. The summed E-state index contributed by atoms with van der Waals surface area (Å²) < 4.78 is 19.3. The molecule has 0 spiro atoms. The van der Waals surface area contributed by atoms with Crippen molar-refractivity contribution in [2.45, 2.75) is 77.6 Å². The molecule has 3 atom stereocenters. The number of benzene rings is 2. The lowest BCUT2D eigenvalue weighted by atomic mass is 9.98. The molecule has 12 heteroatoms. The molecule has 254 valence electrons. The minimum Gasteiger partial charge on any atom is -0.466 e. The first-order valence-corrected chi connectivity index (χ1v) is 16.2. The molecule has 0 bridgehead atoms. The van der Waals surface area contributed by atoms with E-state index in [1.807, 2.05) is 38.1 Å². The molecule has 0 saturated carbocycles. The number of ether oxygens (including phenoxy) is 2. The van der Waals surface area contributed by atoms with Crippen LogP contribution in [0, 0.1) is 5.92 Å². The number of pyridine rings is 1. The van der Waals surface area contributed by atoms with Gasteiger partial charge < -0.3 is 30.4 Å². The number of aromatic amines is 1. The van der Waals surface area contributed by atoms with Crippen LogP contribution in [0.3, 0.4) is 0 Å². The van der Waals surface area contributed by atoms with Crippen molar-refractivity contribution in [1.82, 2.24) is 30.9 Å². The zero-order valence-electron chi connectivity index (χ0n) is 28.6. The maximum Gasteiger partial charge on any atom is 0.408 e. The van der Waals surface area contributed by atoms with Crippen LogP contribution in [0.1, 0.15) is 56.9 Å². The van der Waals surface area contributed by atoms with Gasteiger partial charge in [0, 0.05) is 48.8 Å². The minimum atomic E-state index is -1.37. The van der Waals surface area contributed by atoms with Crippen molar-refractivity contribution in [2.24, 2.45) is 5.92 Å². The molecule has 4 aromatic rings. The van der Waals surface area contributed by atoms with Crippen molar-refractivity contribution in [3.05, 3.63) is 96.2 Å². The van der Waals surface area contributed by atoms with Crippen molar-refractivity contribution in [3.63, 3.8) is 0 Å². The number of alkyl carbamates (subject to hydrolysis) is 1. The Morgan fingerprint density at radius 3 is 2.44 bits per heavy atom. The normalized spacial score (nSPS) is 13.2. The van der Waals surface area contributed by atoms with Gasteiger partial charge in [-0.05, 0) is 48.9 Å². The predicted octanol–water partition coefficient (Wildman–Crippen LogP) is 4.40. The van der Waals surface area contributed by atoms with E-state index >= 15 is 0 Å². The fraction of sp³-hybridized carbons (Fsp3) is 0.389. The standard InChI is InChI=1S/C36H44N6O6/c1-4-47-33(43)16-15-27(18-24(2)3)40-34(44)32(20-28-21-37-23-39-28)41-35(45)31(42-36(46)48-22-25-10-6-5-7-11-25)19-26-12-8-14-30-29(26)13-9-17-38-30/h5-14,17,21,23-24,27,31-32H,4,15-16,18-20,22H2,1-3H3,(H,37,39)(H,40,44)(H,41,45)(H,42,46)/t27-,31+,32-/m0/s1/i/hD. The molecule has 0 aliphatic heterocycles. The molecule has 0 saturated heterocycles. The highest BCUT2D eigenvalue weighted by atomic mass is 16.5. The SMILES string of the molecule is [2H]N(C(=O)OCc1ccccc1)[C@H](Cc1cccc2ncccc12)C(=O)N[C@@H](Cc1cnc[nH]1)C(=O)N[C@@H](CCC(=O)OCC)CC(C)C. The van der Waals surface area contributed by atoms with Gasteiger partial charge in [-0.3, -0.25) is 19.4 Å². The third-order valence-corrected chi connectivity index (χ3v) is 7.63. The molecular weight excluding hydrogens is 612 g/mol. The lowest BCUT2D eigenvalue weighted by Crippen LogP contribution is -2.56. The Morgan fingerprint density at radius 2 is 1.71 bits per heavy atom. The second kappa shape index (κ2) is 18.2. The number of carbonyl (C=O) groups is 4. The molecule has 48 heavy (non-hydrogen) atoms. The average Bonchev–Trinajstić information content (AvgIpc) is 3.61. The number of fused-ring (bicyclic) bond motifs is 1. The zero-order valence-corrected chi connectivity index (χ0v) is 27.6. The van der Waals surface area contributed by atoms with Crippen LogP contribution < -0.4 is 15.9 Å². The number of carbonyl (C=O) groups excluding carboxylic acids is 4. The van der Waals surface area contributed by atoms with Gasteiger partial charge in [0.05, 0.1) is 18.5 Å². The fourth-order valence-electron chi connectivity index (χ4n) is 5.37. The number of esters is 1. The lowest BCUT2D eigenvalue weighted by molar-refractivity contribution is -0.143. The number of hydrogen-bond donors (Lipinski definition) is 4. The summed E-state index contributed by atoms with van der Waals surface area (Å²) in [6, 6.07) is 15.2. The predicted molar refractivity (Wildman–Crippen MR) is 180 cm³/mol. The van der Waals surface area contributed by atoms with Crippen LogP contribution in [0.25, 0.3) is 10.9 Å². The van der Waals surface area contributed by atoms with Gasteiger partial charge in [0.25, 0.3) is 0 Å². The number of rotatable bonds is 17. The van der Waals surface area contributed by atoms with Crippen molar-refractivity contribution in [2.75, 3.05) is 6.61 Å². The minimum absolute atomic E-state index is 0.0489. The molecule has 4 N–H and O–H groups in total. The van der Waals surface area contributed by atoms with Gasteiger partial charge in [0.1, 0.15) is 18.7 Å². The zero-order chi connectivity index (χ0) is 35.2. The molecule has 0 fully saturated rings. The number of aromatic nitrogens is 3. The molecule has 0 unspecified atom stereocenters. The van der Waals surface area contributed by atoms with Gasteiger partial charge in [-0.15, -0.1) is 0 Å². The molecule has 4 rings (SSSR count). The van der Waals surface area contributed by atoms with Crippen molar-refractivity contribution < 1.29 is 30.1 Å². The van der Waals surface area contributed by atoms with Gasteiger partial charge in [0.15, 0.2) is 1.41 Å². The van der Waals surface area contributed by atoms with E-state index in [9.17, 15) is 19.2 Å². The average molecular weight is 658 g/mol. The Balaban J connectivity index is 1.59. The van der Waals surface area contributed by atoms with Crippen molar-refractivity contribution in [3.8, 4) is 0 Å². The van der Waals surface area contributed by atoms with Gasteiger partial charge in [0.2, 0.25) is 11.8 Å². The molecule has 0 aliphatic rings. The van der Waals surface area contributed by atoms with Crippen LogP contribution in [0.4, 0.5) is 4.79 Å². The van der Waals surface area contributed by atoms with E-state index in [2.05, 4.69) is 25.6 Å². The van der Waals surface area contributed by atoms with Gasteiger partial charge in [-0.1, -0.05) is 62.4 Å². The van der Waals surface area contributed by atoms with Gasteiger partial charge >= 0.3 is 12.1 Å². The second-order valence-corrected chi connectivity index (χ2v) is 11.9. The van der Waals surface area contributed by atoms with Crippen molar-refractivity contribution in [1.29, 1.82) is 0 Å². The first kappa shape index (κ1) is 34.1. The Hall–Kier alpha value is -5.26. The molecule has 2 heterocycles. The number of hydrogen-bond acceptors (Lipinski definition) is 8. The summed E-state index contributed by atoms with van der Waals surface area (Å²) in [6.07, 6.45) is 4.76. The van der Waals surface area contributed by atoms with Crippen LogP contribution in [-0.4, -0.2) is 63.6 Å². The maximum atomic E-state index is 14.1. The molecular formula is C36H44N6O6. The summed E-state index contributed by atoms with van der Waals surface area (Å²) in [4.78, 5) is 64.7. The number of H-pyrrole nitrogens is 1. The fourth-order valence-corrected chi connectivity index (χ4v) is 5.37. The highest BCUT2D eigenvalue weighted by Crippen LogP contribution is 2.19. The number of amides is 3. The molecule has 0 aliphatic carbocycles. The number of nitrogens with one attached hydrogen (secondary N) is 4. The smallest absolute Gasteiger partial charge is 0.408 e. The topological polar surface area (TPSA) is 164 Å². The molecule has 2 aromatic carbocycles. The Morgan fingerprint density at radius 1 is 0.917 bits per heavy atom. The first-order chi connectivity index (χ1) is 23.6. The first-order valence-electron chi connectivity index (χ1n) is 16.6. The monoisotopic (exact) mass is 657 g/mol. The van der Waals surface area contributed by atoms with Crippen LogP contribution in [-0.2, 0) is 43.3 Å². The molecule has 12 nitrogen and oxygen atoms in total. The van der Waals surface area contributed by atoms with E-state index in [1.165, 1.54) is 6.33 Å². The van der Waals surface area contributed by atoms with Crippen molar-refractivity contribution >= 4 is 34.8 Å². The highest BCUT2D eigenvalue weighted by molar-refractivity contribution is 5.92. The third-order valence-electron chi connectivity index (χ3n) is 7.63. The van der Waals surface area contributed by atoms with E-state index in [1.54, 1.807) is 55.7 Å². The Kier molecular flexibility index (Phi) is 12.9. The van der Waals surface area contributed by atoms with E-state index in [0.29, 0.717) is 34.9 Å². The number of imidazole rings is 1. The van der Waals surface area contributed by atoms with Crippen LogP contribution in [0.5, 0.6) is 0 Å². The molecule has 3 amide bonds. The van der Waals surface area contributed by atoms with Crippen LogP contribution in [0.15, 0.2) is 79.4 Å². The lowest BCUT2D eigenvalue weighted by Gasteiger charge is -2.26. The summed E-state index contributed by atoms with van der Waals surface area (Å²) in [5.41, 5.74) is 2.69.